The van der Waals surface area contributed by atoms with Crippen LogP contribution in [0.2, 0.25) is 0 Å². The molecule has 0 bridgehead atoms. The topological polar surface area (TPSA) is 0 Å². The molecule has 0 N–H and O–H groups in total. The molecule has 0 spiro atoms. The molecule has 0 aromatic rings. The van der Waals surface area contributed by atoms with Gasteiger partial charge in [-0.2, -0.15) is 12.8 Å². The molecule has 1 fully saturated rings. The first kappa shape index (κ1) is 8.10. The Morgan fingerprint density at radius 1 is 1.57 bits per heavy atom. The van der Waals surface area contributed by atoms with Gasteiger partial charge >= 0.3 is 0 Å². The van der Waals surface area contributed by atoms with Crippen LogP contribution in [0.3, 0.4) is 0 Å². The molecule has 1 saturated carbocycles. The molecular formula is C6H11Y-. The van der Waals surface area contributed by atoms with E-state index in [9.17, 15) is 0 Å². The van der Waals surface area contributed by atoms with Gasteiger partial charge in [0.05, 0.1) is 0 Å². The van der Waals surface area contributed by atoms with Crippen LogP contribution in [-0.2, 0) is 32.7 Å². The van der Waals surface area contributed by atoms with Crippen molar-refractivity contribution in [2.45, 2.75) is 26.2 Å². The smallest absolute Gasteiger partial charge is 0 e. The van der Waals surface area contributed by atoms with Gasteiger partial charge in [-0.15, -0.1) is 0 Å². The molecule has 1 rings (SSSR count). The van der Waals surface area contributed by atoms with Gasteiger partial charge < -0.3 is 6.42 Å². The molecule has 0 aliphatic heterocycles. The van der Waals surface area contributed by atoms with Gasteiger partial charge in [0.15, 0.2) is 0 Å². The number of hydrogen-bond donors (Lipinski definition) is 0. The summed E-state index contributed by atoms with van der Waals surface area (Å²) in [7, 11) is 0. The van der Waals surface area contributed by atoms with Crippen molar-refractivity contribution in [2.24, 2.45) is 5.92 Å². The van der Waals surface area contributed by atoms with Crippen molar-refractivity contribution in [1.82, 2.24) is 0 Å². The van der Waals surface area contributed by atoms with Gasteiger partial charge in [-0.05, 0) is 0 Å². The van der Waals surface area contributed by atoms with E-state index in [0.717, 1.165) is 5.92 Å². The second-order valence-corrected chi connectivity index (χ2v) is 2.21. The molecule has 1 aliphatic carbocycles. The predicted molar refractivity (Wildman–Crippen MR) is 27.3 cm³/mol. The zero-order chi connectivity index (χ0) is 4.41. The first-order valence-electron chi connectivity index (χ1n) is 2.71. The van der Waals surface area contributed by atoms with Crippen LogP contribution in [0.4, 0.5) is 0 Å². The maximum Gasteiger partial charge on any atom is 0 e. The largest absolute Gasteiger partial charge is 0.328 e. The minimum absolute atomic E-state index is 0. The van der Waals surface area contributed by atoms with Crippen molar-refractivity contribution in [1.29, 1.82) is 0 Å². The Balaban J connectivity index is 0.000000360. The first-order chi connectivity index (χ1) is 2.89. The van der Waals surface area contributed by atoms with E-state index in [2.05, 4.69) is 13.3 Å². The zero-order valence-corrected chi connectivity index (χ0v) is 7.69. The van der Waals surface area contributed by atoms with Crippen LogP contribution in [0.5, 0.6) is 0 Å². The van der Waals surface area contributed by atoms with Gasteiger partial charge in [0.1, 0.15) is 0 Å². The van der Waals surface area contributed by atoms with Crippen molar-refractivity contribution in [3.8, 4) is 0 Å². The molecule has 1 atom stereocenters. The van der Waals surface area contributed by atoms with Crippen LogP contribution in [0.15, 0.2) is 0 Å². The summed E-state index contributed by atoms with van der Waals surface area (Å²) >= 11 is 0. The van der Waals surface area contributed by atoms with Gasteiger partial charge in [-0.1, -0.05) is 19.3 Å². The molecule has 39 valence electrons. The van der Waals surface area contributed by atoms with E-state index in [-0.39, 0.29) is 32.7 Å². The number of hydrogen-bond acceptors (Lipinski definition) is 0. The van der Waals surface area contributed by atoms with E-state index < -0.39 is 0 Å². The second-order valence-electron chi connectivity index (χ2n) is 2.21. The maximum absolute atomic E-state index is 2.38. The average molecular weight is 172 g/mol. The Bertz CT molecular complexity index is 37.4. The summed E-state index contributed by atoms with van der Waals surface area (Å²) in [5.41, 5.74) is 0. The molecule has 1 radical (unpaired) electrons. The number of rotatable bonds is 0. The van der Waals surface area contributed by atoms with E-state index in [0.29, 0.717) is 0 Å². The Hall–Kier alpha value is 1.10. The SMILES string of the molecule is CC1C[CH-]CC1.[Y]. The predicted octanol–water partition coefficient (Wildman–Crippen LogP) is 2.01. The van der Waals surface area contributed by atoms with Crippen molar-refractivity contribution in [2.75, 3.05) is 0 Å². The summed E-state index contributed by atoms with van der Waals surface area (Å²) in [6, 6.07) is 0. The molecule has 0 nitrogen and oxygen atoms in total. The summed E-state index contributed by atoms with van der Waals surface area (Å²) < 4.78 is 0. The molecule has 0 aromatic carbocycles. The van der Waals surface area contributed by atoms with Gasteiger partial charge in [0.25, 0.3) is 0 Å². The molecule has 0 heterocycles. The minimum atomic E-state index is 0. The van der Waals surface area contributed by atoms with Crippen molar-refractivity contribution < 1.29 is 32.7 Å². The Morgan fingerprint density at radius 2 is 2.29 bits per heavy atom. The standard InChI is InChI=1S/C6H11.Y/c1-6-4-2-3-5-6;/h2,6H,3-5H2,1H3;/q-1;. The summed E-state index contributed by atoms with van der Waals surface area (Å²) in [6.45, 7) is 2.31. The van der Waals surface area contributed by atoms with E-state index >= 15 is 0 Å². The average Bonchev–Trinajstić information content (AvgIpc) is 1.86. The third kappa shape index (κ3) is 2.82. The summed E-state index contributed by atoms with van der Waals surface area (Å²) in [5, 5.41) is 0. The fourth-order valence-corrected chi connectivity index (χ4v) is 0.923. The fraction of sp³-hybridized carbons (Fsp3) is 0.833. The molecule has 0 saturated heterocycles. The van der Waals surface area contributed by atoms with Crippen LogP contribution >= 0.6 is 0 Å². The third-order valence-corrected chi connectivity index (χ3v) is 1.43. The zero-order valence-electron chi connectivity index (χ0n) is 4.85. The van der Waals surface area contributed by atoms with Crippen LogP contribution in [0.25, 0.3) is 0 Å². The quantitative estimate of drug-likeness (QED) is 0.490. The molecule has 1 heteroatoms. The monoisotopic (exact) mass is 172 g/mol. The van der Waals surface area contributed by atoms with Crippen LogP contribution in [0.1, 0.15) is 26.2 Å². The normalized spacial score (nSPS) is 29.6. The summed E-state index contributed by atoms with van der Waals surface area (Å²) in [6.07, 6.45) is 6.53. The second kappa shape index (κ2) is 4.03. The maximum atomic E-state index is 2.38. The van der Waals surface area contributed by atoms with E-state index in [1.54, 1.807) is 0 Å². The van der Waals surface area contributed by atoms with E-state index in [1.165, 1.54) is 19.3 Å². The molecular weight excluding hydrogens is 161 g/mol. The molecule has 7 heavy (non-hydrogen) atoms. The Labute approximate surface area is 70.9 Å². The third-order valence-electron chi connectivity index (χ3n) is 1.43. The summed E-state index contributed by atoms with van der Waals surface area (Å²) in [5.74, 6) is 0.991. The van der Waals surface area contributed by atoms with Crippen molar-refractivity contribution in [3.63, 3.8) is 0 Å². The minimum Gasteiger partial charge on any atom is -0.328 e. The fourth-order valence-electron chi connectivity index (χ4n) is 0.923. The van der Waals surface area contributed by atoms with Crippen LogP contribution < -0.4 is 0 Å². The van der Waals surface area contributed by atoms with E-state index in [1.807, 2.05) is 0 Å². The molecule has 1 aliphatic rings. The van der Waals surface area contributed by atoms with Crippen LogP contribution in [0, 0.1) is 12.3 Å². The van der Waals surface area contributed by atoms with Gasteiger partial charge in [-0.25, -0.2) is 0 Å². The molecule has 0 aromatic heterocycles. The Morgan fingerprint density at radius 3 is 2.43 bits per heavy atom. The Kier molecular flexibility index (Phi) is 4.67. The van der Waals surface area contributed by atoms with Crippen molar-refractivity contribution in [3.05, 3.63) is 6.42 Å². The van der Waals surface area contributed by atoms with Gasteiger partial charge in [-0.3, -0.25) is 0 Å². The summed E-state index contributed by atoms with van der Waals surface area (Å²) in [4.78, 5) is 0. The van der Waals surface area contributed by atoms with Crippen molar-refractivity contribution >= 4 is 0 Å². The van der Waals surface area contributed by atoms with Crippen LogP contribution in [-0.4, -0.2) is 0 Å². The molecule has 1 unspecified atom stereocenters. The van der Waals surface area contributed by atoms with Gasteiger partial charge in [0, 0.05) is 32.7 Å². The van der Waals surface area contributed by atoms with E-state index in [4.69, 9.17) is 0 Å². The van der Waals surface area contributed by atoms with Gasteiger partial charge in [0.2, 0.25) is 0 Å². The first-order valence-corrected chi connectivity index (χ1v) is 2.71. The molecule has 0 amide bonds.